The third-order valence-electron chi connectivity index (χ3n) is 5.00. The zero-order valence-corrected chi connectivity index (χ0v) is 18.6. The normalized spacial score (nSPS) is 14.5. The van der Waals surface area contributed by atoms with E-state index in [-0.39, 0.29) is 24.1 Å². The number of ether oxygens (including phenoxy) is 2. The third-order valence-corrected chi connectivity index (χ3v) is 6.21. The highest BCUT2D eigenvalue weighted by Crippen LogP contribution is 2.36. The maximum absolute atomic E-state index is 13.1. The first-order chi connectivity index (χ1) is 14.2. The minimum Gasteiger partial charge on any atom is -0.494 e. The van der Waals surface area contributed by atoms with Crippen LogP contribution in [0.3, 0.4) is 0 Å². The molecule has 1 fully saturated rings. The summed E-state index contributed by atoms with van der Waals surface area (Å²) < 4.78 is 17.0. The van der Waals surface area contributed by atoms with E-state index in [9.17, 15) is 4.79 Å². The van der Waals surface area contributed by atoms with Crippen molar-refractivity contribution >= 4 is 45.0 Å². The molecular formula is C20H25ClN4O4S. The van der Waals surface area contributed by atoms with E-state index in [1.165, 1.54) is 17.5 Å². The van der Waals surface area contributed by atoms with Crippen LogP contribution in [0.15, 0.2) is 28.9 Å². The number of methoxy groups -OCH3 is 1. The van der Waals surface area contributed by atoms with Crippen molar-refractivity contribution in [1.82, 2.24) is 15.0 Å². The summed E-state index contributed by atoms with van der Waals surface area (Å²) in [6.07, 6.45) is 2.30. The first kappa shape index (κ1) is 22.5. The molecule has 1 saturated heterocycles. The van der Waals surface area contributed by atoms with Crippen molar-refractivity contribution < 1.29 is 18.8 Å². The molecule has 1 amide bonds. The highest BCUT2D eigenvalue weighted by atomic mass is 35.5. The average Bonchev–Trinajstić information content (AvgIpc) is 3.43. The fourth-order valence-corrected chi connectivity index (χ4v) is 4.47. The number of aromatic nitrogens is 2. The standard InChI is InChI=1S/C20H24N4O4S.ClH/c1-14-4-5-15(26-2)17-18(14)29-20(22-17)24(19(25)16-6-7-21-28-16)9-3-8-23-10-12-27-13-11-23;/h4-7H,3,8-13H2,1-2H3;1H. The number of carbonyl (C=O) groups is 1. The van der Waals surface area contributed by atoms with Crippen molar-refractivity contribution in [3.05, 3.63) is 35.7 Å². The van der Waals surface area contributed by atoms with Gasteiger partial charge in [-0.1, -0.05) is 22.6 Å². The highest BCUT2D eigenvalue weighted by Gasteiger charge is 2.25. The van der Waals surface area contributed by atoms with Gasteiger partial charge in [-0.2, -0.15) is 0 Å². The molecule has 0 bridgehead atoms. The minimum atomic E-state index is -0.236. The summed E-state index contributed by atoms with van der Waals surface area (Å²) in [6, 6.07) is 5.49. The van der Waals surface area contributed by atoms with Crippen LogP contribution < -0.4 is 9.64 Å². The van der Waals surface area contributed by atoms with Crippen molar-refractivity contribution in [2.75, 3.05) is 51.4 Å². The zero-order chi connectivity index (χ0) is 20.2. The van der Waals surface area contributed by atoms with Crippen LogP contribution in [0.5, 0.6) is 5.75 Å². The molecule has 162 valence electrons. The van der Waals surface area contributed by atoms with Gasteiger partial charge in [0.1, 0.15) is 11.3 Å². The van der Waals surface area contributed by atoms with E-state index < -0.39 is 0 Å². The Kier molecular flexibility index (Phi) is 7.65. The lowest BCUT2D eigenvalue weighted by Crippen LogP contribution is -2.39. The highest BCUT2D eigenvalue weighted by molar-refractivity contribution is 7.22. The summed E-state index contributed by atoms with van der Waals surface area (Å²) >= 11 is 1.49. The maximum atomic E-state index is 13.1. The van der Waals surface area contributed by atoms with Crippen LogP contribution in [0.1, 0.15) is 22.5 Å². The average molecular weight is 453 g/mol. The number of morpholine rings is 1. The Balaban J connectivity index is 0.00000256. The third kappa shape index (κ3) is 4.75. The summed E-state index contributed by atoms with van der Waals surface area (Å²) in [7, 11) is 1.63. The van der Waals surface area contributed by atoms with Gasteiger partial charge in [0.15, 0.2) is 5.13 Å². The second kappa shape index (κ2) is 10.2. The van der Waals surface area contributed by atoms with Crippen molar-refractivity contribution in [3.63, 3.8) is 0 Å². The van der Waals surface area contributed by atoms with Crippen LogP contribution in [-0.4, -0.2) is 67.5 Å². The van der Waals surface area contributed by atoms with Gasteiger partial charge >= 0.3 is 0 Å². The van der Waals surface area contributed by atoms with Gasteiger partial charge in [0.05, 0.1) is 31.2 Å². The summed E-state index contributed by atoms with van der Waals surface area (Å²) in [5.41, 5.74) is 1.88. The Bertz CT molecular complexity index is 973. The Morgan fingerprint density at radius 1 is 1.30 bits per heavy atom. The van der Waals surface area contributed by atoms with Gasteiger partial charge < -0.3 is 14.0 Å². The molecule has 1 aromatic carbocycles. The van der Waals surface area contributed by atoms with Crippen molar-refractivity contribution in [2.24, 2.45) is 0 Å². The van der Waals surface area contributed by atoms with Gasteiger partial charge in [-0.3, -0.25) is 14.6 Å². The van der Waals surface area contributed by atoms with E-state index in [2.05, 4.69) is 10.1 Å². The first-order valence-corrected chi connectivity index (χ1v) is 10.5. The summed E-state index contributed by atoms with van der Waals surface area (Å²) in [6.45, 7) is 6.84. The van der Waals surface area contributed by atoms with Crippen molar-refractivity contribution in [1.29, 1.82) is 0 Å². The van der Waals surface area contributed by atoms with E-state index in [1.807, 2.05) is 19.1 Å². The predicted molar refractivity (Wildman–Crippen MR) is 118 cm³/mol. The number of anilines is 1. The number of fused-ring (bicyclic) bond motifs is 1. The molecule has 8 nitrogen and oxygen atoms in total. The van der Waals surface area contributed by atoms with E-state index in [4.69, 9.17) is 19.0 Å². The van der Waals surface area contributed by atoms with Gasteiger partial charge in [-0.25, -0.2) is 4.98 Å². The molecule has 0 aliphatic carbocycles. The lowest BCUT2D eigenvalue weighted by atomic mass is 10.2. The molecule has 0 N–H and O–H groups in total. The molecular weight excluding hydrogens is 428 g/mol. The lowest BCUT2D eigenvalue weighted by molar-refractivity contribution is 0.0376. The number of carbonyl (C=O) groups excluding carboxylic acids is 1. The van der Waals surface area contributed by atoms with Crippen LogP contribution in [0.2, 0.25) is 0 Å². The maximum Gasteiger partial charge on any atom is 0.298 e. The number of hydrogen-bond acceptors (Lipinski definition) is 8. The molecule has 30 heavy (non-hydrogen) atoms. The summed E-state index contributed by atoms with van der Waals surface area (Å²) in [5.74, 6) is 0.674. The van der Waals surface area contributed by atoms with E-state index in [1.54, 1.807) is 18.1 Å². The smallest absolute Gasteiger partial charge is 0.298 e. The summed E-state index contributed by atoms with van der Waals surface area (Å²) in [4.78, 5) is 21.9. The van der Waals surface area contributed by atoms with Crippen molar-refractivity contribution in [3.8, 4) is 5.75 Å². The molecule has 0 atom stereocenters. The van der Waals surface area contributed by atoms with Gasteiger partial charge in [-0.15, -0.1) is 12.4 Å². The number of aryl methyl sites for hydroxylation is 1. The molecule has 10 heteroatoms. The number of benzene rings is 1. The number of rotatable bonds is 7. The second-order valence-corrected chi connectivity index (χ2v) is 7.88. The molecule has 2 aromatic heterocycles. The quantitative estimate of drug-likeness (QED) is 0.543. The molecule has 0 unspecified atom stereocenters. The monoisotopic (exact) mass is 452 g/mol. The molecule has 4 rings (SSSR count). The summed E-state index contributed by atoms with van der Waals surface area (Å²) in [5, 5.41) is 4.31. The molecule has 1 aliphatic heterocycles. The molecule has 0 spiro atoms. The van der Waals surface area contributed by atoms with Crippen LogP contribution >= 0.6 is 23.7 Å². The van der Waals surface area contributed by atoms with Gasteiger partial charge in [0.2, 0.25) is 5.76 Å². The number of halogens is 1. The first-order valence-electron chi connectivity index (χ1n) is 9.64. The number of thiazole rings is 1. The fourth-order valence-electron chi connectivity index (χ4n) is 3.40. The number of nitrogens with zero attached hydrogens (tertiary/aromatic N) is 4. The van der Waals surface area contributed by atoms with E-state index in [0.29, 0.717) is 17.4 Å². The molecule has 3 aromatic rings. The minimum absolute atomic E-state index is 0. The number of hydrogen-bond donors (Lipinski definition) is 0. The second-order valence-electron chi connectivity index (χ2n) is 6.90. The largest absolute Gasteiger partial charge is 0.494 e. The van der Waals surface area contributed by atoms with Gasteiger partial charge in [0.25, 0.3) is 5.91 Å². The molecule has 3 heterocycles. The van der Waals surface area contributed by atoms with Crippen LogP contribution in [-0.2, 0) is 4.74 Å². The molecule has 1 aliphatic rings. The number of amides is 1. The Hall–Kier alpha value is -2.20. The zero-order valence-electron chi connectivity index (χ0n) is 17.0. The van der Waals surface area contributed by atoms with E-state index in [0.717, 1.165) is 55.0 Å². The van der Waals surface area contributed by atoms with Gasteiger partial charge in [-0.05, 0) is 25.0 Å². The SMILES string of the molecule is COc1ccc(C)c2sc(N(CCCN3CCOCC3)C(=O)c3ccno3)nc12.Cl. The predicted octanol–water partition coefficient (Wildman–Crippen LogP) is 3.39. The Morgan fingerprint density at radius 3 is 2.80 bits per heavy atom. The topological polar surface area (TPSA) is 80.9 Å². The Morgan fingerprint density at radius 2 is 2.10 bits per heavy atom. The van der Waals surface area contributed by atoms with Crippen molar-refractivity contribution in [2.45, 2.75) is 13.3 Å². The molecule has 0 radical (unpaired) electrons. The Labute approximate surface area is 185 Å². The van der Waals surface area contributed by atoms with Crippen LogP contribution in [0, 0.1) is 6.92 Å². The van der Waals surface area contributed by atoms with Crippen LogP contribution in [0.25, 0.3) is 10.2 Å². The van der Waals surface area contributed by atoms with Crippen LogP contribution in [0.4, 0.5) is 5.13 Å². The molecule has 0 saturated carbocycles. The van der Waals surface area contributed by atoms with E-state index >= 15 is 0 Å². The fraction of sp³-hybridized carbons (Fsp3) is 0.450. The lowest BCUT2D eigenvalue weighted by Gasteiger charge is -2.27. The van der Waals surface area contributed by atoms with Gasteiger partial charge in [0, 0.05) is 32.2 Å².